The summed E-state index contributed by atoms with van der Waals surface area (Å²) in [5, 5.41) is 9.58. The molecule has 17 heavy (non-hydrogen) atoms. The summed E-state index contributed by atoms with van der Waals surface area (Å²) in [5.41, 5.74) is 6.65. The molecule has 5 heteroatoms. The van der Waals surface area contributed by atoms with Crippen LogP contribution < -0.4 is 10.5 Å². The van der Waals surface area contributed by atoms with Crippen LogP contribution in [0.5, 0.6) is 5.75 Å². The van der Waals surface area contributed by atoms with Crippen molar-refractivity contribution >= 4 is 16.9 Å². The number of fused-ring (bicyclic) bond motifs is 1. The molecule has 1 heterocycles. The van der Waals surface area contributed by atoms with Crippen molar-refractivity contribution in [2.24, 2.45) is 5.73 Å². The van der Waals surface area contributed by atoms with E-state index in [1.807, 2.05) is 6.07 Å². The maximum atomic E-state index is 11.2. The number of hydrogen-bond acceptors (Lipinski definition) is 4. The number of carbonyl (C=O) groups is 1. The first-order valence-electron chi connectivity index (χ1n) is 4.90. The molecule has 86 valence electrons. The van der Waals surface area contributed by atoms with Gasteiger partial charge in [-0.3, -0.25) is 4.79 Å². The number of aryl methyl sites for hydroxylation is 1. The Labute approximate surface area is 97.4 Å². The Kier molecular flexibility index (Phi) is 2.48. The van der Waals surface area contributed by atoms with Gasteiger partial charge in [0.05, 0.1) is 18.1 Å². The molecular weight excluding hydrogens is 220 g/mol. The first-order valence-corrected chi connectivity index (χ1v) is 4.90. The molecule has 2 aromatic rings. The van der Waals surface area contributed by atoms with Crippen LogP contribution in [0.25, 0.3) is 11.0 Å². The van der Waals surface area contributed by atoms with Crippen LogP contribution in [0, 0.1) is 18.3 Å². The van der Waals surface area contributed by atoms with E-state index in [2.05, 4.69) is 0 Å². The molecule has 1 amide bonds. The first-order chi connectivity index (χ1) is 8.10. The number of rotatable bonds is 2. The van der Waals surface area contributed by atoms with Gasteiger partial charge in [0.25, 0.3) is 5.91 Å². The second-order valence-corrected chi connectivity index (χ2v) is 3.55. The van der Waals surface area contributed by atoms with Crippen molar-refractivity contribution in [3.05, 3.63) is 29.0 Å². The van der Waals surface area contributed by atoms with Crippen molar-refractivity contribution in [3.8, 4) is 11.8 Å². The summed E-state index contributed by atoms with van der Waals surface area (Å²) in [6.45, 7) is 1.70. The molecule has 0 fully saturated rings. The van der Waals surface area contributed by atoms with Crippen LogP contribution in [0.3, 0.4) is 0 Å². The van der Waals surface area contributed by atoms with E-state index in [1.54, 1.807) is 19.1 Å². The lowest BCUT2D eigenvalue weighted by Crippen LogP contribution is -2.10. The third-order valence-corrected chi connectivity index (χ3v) is 2.60. The third-order valence-electron chi connectivity index (χ3n) is 2.60. The van der Waals surface area contributed by atoms with Gasteiger partial charge < -0.3 is 14.9 Å². The SMILES string of the molecule is COc1c(C#N)ccc2oc(C(N)=O)c(C)c12. The Morgan fingerprint density at radius 3 is 2.76 bits per heavy atom. The van der Waals surface area contributed by atoms with Crippen molar-refractivity contribution in [1.29, 1.82) is 5.26 Å². The molecule has 2 rings (SSSR count). The minimum Gasteiger partial charge on any atom is -0.495 e. The Morgan fingerprint density at radius 1 is 1.53 bits per heavy atom. The van der Waals surface area contributed by atoms with E-state index in [1.165, 1.54) is 7.11 Å². The summed E-state index contributed by atoms with van der Waals surface area (Å²) in [6, 6.07) is 5.22. The van der Waals surface area contributed by atoms with Gasteiger partial charge in [0.2, 0.25) is 0 Å². The molecule has 0 aliphatic rings. The Balaban J connectivity index is 2.90. The molecule has 0 atom stereocenters. The number of primary amides is 1. The van der Waals surface area contributed by atoms with E-state index in [9.17, 15) is 4.79 Å². The topological polar surface area (TPSA) is 89.2 Å². The van der Waals surface area contributed by atoms with Crippen LogP contribution in [0.1, 0.15) is 21.7 Å². The first kappa shape index (κ1) is 11.0. The lowest BCUT2D eigenvalue weighted by molar-refractivity contribution is 0.0975. The number of hydrogen-bond donors (Lipinski definition) is 1. The second kappa shape index (κ2) is 3.83. The van der Waals surface area contributed by atoms with Gasteiger partial charge in [0.1, 0.15) is 17.4 Å². The highest BCUT2D eigenvalue weighted by atomic mass is 16.5. The minimum absolute atomic E-state index is 0.0911. The number of benzene rings is 1. The lowest BCUT2D eigenvalue weighted by atomic mass is 10.1. The van der Waals surface area contributed by atoms with Gasteiger partial charge in [-0.05, 0) is 19.1 Å². The third kappa shape index (κ3) is 1.51. The quantitative estimate of drug-likeness (QED) is 0.850. The predicted molar refractivity (Wildman–Crippen MR) is 60.7 cm³/mol. The molecular formula is C12H10N2O3. The zero-order valence-electron chi connectivity index (χ0n) is 9.40. The van der Waals surface area contributed by atoms with Gasteiger partial charge in [-0.25, -0.2) is 0 Å². The van der Waals surface area contributed by atoms with Gasteiger partial charge in [0.15, 0.2) is 5.76 Å². The summed E-state index contributed by atoms with van der Waals surface area (Å²) in [7, 11) is 1.46. The van der Waals surface area contributed by atoms with E-state index in [0.29, 0.717) is 27.8 Å². The van der Waals surface area contributed by atoms with Crippen molar-refractivity contribution in [1.82, 2.24) is 0 Å². The van der Waals surface area contributed by atoms with Gasteiger partial charge in [-0.1, -0.05) is 0 Å². The maximum Gasteiger partial charge on any atom is 0.284 e. The fourth-order valence-electron chi connectivity index (χ4n) is 1.84. The summed E-state index contributed by atoms with van der Waals surface area (Å²) in [6.07, 6.45) is 0. The van der Waals surface area contributed by atoms with Crippen LogP contribution >= 0.6 is 0 Å². The average molecular weight is 230 g/mol. The van der Waals surface area contributed by atoms with E-state index >= 15 is 0 Å². The Bertz CT molecular complexity index is 650. The zero-order valence-corrected chi connectivity index (χ0v) is 9.40. The number of methoxy groups -OCH3 is 1. The van der Waals surface area contributed by atoms with Crippen LogP contribution in [0.2, 0.25) is 0 Å². The van der Waals surface area contributed by atoms with Crippen molar-refractivity contribution in [3.63, 3.8) is 0 Å². The van der Waals surface area contributed by atoms with E-state index in [0.717, 1.165) is 0 Å². The fourth-order valence-corrected chi connectivity index (χ4v) is 1.84. The fraction of sp³-hybridized carbons (Fsp3) is 0.167. The molecule has 0 aliphatic carbocycles. The Morgan fingerprint density at radius 2 is 2.24 bits per heavy atom. The second-order valence-electron chi connectivity index (χ2n) is 3.55. The van der Waals surface area contributed by atoms with Gasteiger partial charge in [-0.2, -0.15) is 5.26 Å². The zero-order chi connectivity index (χ0) is 12.6. The molecule has 2 N–H and O–H groups in total. The smallest absolute Gasteiger partial charge is 0.284 e. The average Bonchev–Trinajstić information content (AvgIpc) is 2.66. The van der Waals surface area contributed by atoms with Crippen LogP contribution in [0.4, 0.5) is 0 Å². The van der Waals surface area contributed by atoms with Gasteiger partial charge in [-0.15, -0.1) is 0 Å². The molecule has 0 spiro atoms. The predicted octanol–water partition coefficient (Wildman–Crippen LogP) is 1.72. The van der Waals surface area contributed by atoms with Gasteiger partial charge in [0, 0.05) is 5.56 Å². The number of ether oxygens (including phenoxy) is 1. The number of carbonyl (C=O) groups excluding carboxylic acids is 1. The minimum atomic E-state index is -0.640. The molecule has 0 bridgehead atoms. The van der Waals surface area contributed by atoms with Crippen LogP contribution in [-0.4, -0.2) is 13.0 Å². The molecule has 0 unspecified atom stereocenters. The highest BCUT2D eigenvalue weighted by Crippen LogP contribution is 2.35. The summed E-state index contributed by atoms with van der Waals surface area (Å²) in [4.78, 5) is 11.2. The molecule has 1 aromatic heterocycles. The molecule has 0 saturated heterocycles. The Hall–Kier alpha value is -2.48. The molecule has 0 aliphatic heterocycles. The van der Waals surface area contributed by atoms with Crippen molar-refractivity contribution in [2.45, 2.75) is 6.92 Å². The van der Waals surface area contributed by atoms with Crippen molar-refractivity contribution in [2.75, 3.05) is 7.11 Å². The summed E-state index contributed by atoms with van der Waals surface area (Å²) < 4.78 is 10.5. The highest BCUT2D eigenvalue weighted by molar-refractivity contribution is 6.00. The van der Waals surface area contributed by atoms with Crippen molar-refractivity contribution < 1.29 is 13.9 Å². The maximum absolute atomic E-state index is 11.2. The normalized spacial score (nSPS) is 10.2. The molecule has 1 aromatic carbocycles. The standard InChI is InChI=1S/C12H10N2O3/c1-6-9-8(17-10(6)12(14)15)4-3-7(5-13)11(9)16-2/h3-4H,1-2H3,(H2,14,15). The van der Waals surface area contributed by atoms with Crippen LogP contribution in [0.15, 0.2) is 16.5 Å². The number of nitriles is 1. The number of amides is 1. The molecule has 0 radical (unpaired) electrons. The number of nitrogens with zero attached hydrogens (tertiary/aromatic N) is 1. The summed E-state index contributed by atoms with van der Waals surface area (Å²) >= 11 is 0. The highest BCUT2D eigenvalue weighted by Gasteiger charge is 2.20. The summed E-state index contributed by atoms with van der Waals surface area (Å²) in [5.74, 6) is -0.147. The molecule has 5 nitrogen and oxygen atoms in total. The molecule has 0 saturated carbocycles. The number of furan rings is 1. The van der Waals surface area contributed by atoms with Gasteiger partial charge >= 0.3 is 0 Å². The number of nitrogens with two attached hydrogens (primary N) is 1. The lowest BCUT2D eigenvalue weighted by Gasteiger charge is -2.03. The van der Waals surface area contributed by atoms with E-state index in [4.69, 9.17) is 20.1 Å². The van der Waals surface area contributed by atoms with E-state index in [-0.39, 0.29) is 5.76 Å². The van der Waals surface area contributed by atoms with Crippen LogP contribution in [-0.2, 0) is 0 Å². The largest absolute Gasteiger partial charge is 0.495 e. The monoisotopic (exact) mass is 230 g/mol. The van der Waals surface area contributed by atoms with E-state index < -0.39 is 5.91 Å².